The Morgan fingerprint density at radius 2 is 2.09 bits per heavy atom. The molecule has 1 unspecified atom stereocenters. The number of carboxylic acids is 1. The molecular weight excluding hydrogens is 181 g/mol. The van der Waals surface area contributed by atoms with E-state index < -0.39 is 23.8 Å². The van der Waals surface area contributed by atoms with E-state index in [1.807, 2.05) is 0 Å². The maximum absolute atomic E-state index is 11.8. The molecule has 1 atom stereocenters. The molecule has 0 aromatic carbocycles. The van der Waals surface area contributed by atoms with E-state index >= 15 is 0 Å². The van der Waals surface area contributed by atoms with E-state index in [1.165, 1.54) is 6.26 Å². The van der Waals surface area contributed by atoms with Gasteiger partial charge in [0.05, 0.1) is 6.42 Å². The molecule has 0 aliphatic heterocycles. The summed E-state index contributed by atoms with van der Waals surface area (Å²) in [5.41, 5.74) is 0. The number of alkyl halides is 3. The smallest absolute Gasteiger partial charge is 0.401 e. The van der Waals surface area contributed by atoms with Gasteiger partial charge in [-0.3, -0.25) is 4.79 Å². The molecule has 0 saturated carbocycles. The van der Waals surface area contributed by atoms with Gasteiger partial charge in [-0.15, -0.1) is 0 Å². The summed E-state index contributed by atoms with van der Waals surface area (Å²) < 4.78 is 35.4. The van der Waals surface area contributed by atoms with E-state index in [-0.39, 0.29) is 0 Å². The number of rotatable bonds is 3. The second-order valence-electron chi connectivity index (χ2n) is 1.86. The molecule has 1 N–H and O–H groups in total. The van der Waals surface area contributed by atoms with Crippen molar-refractivity contribution >= 4 is 17.7 Å². The summed E-state index contributed by atoms with van der Waals surface area (Å²) in [5.74, 6) is -1.43. The van der Waals surface area contributed by atoms with Gasteiger partial charge < -0.3 is 5.11 Å². The van der Waals surface area contributed by atoms with Gasteiger partial charge in [-0.05, 0) is 6.26 Å². The average molecular weight is 188 g/mol. The normalized spacial score (nSPS) is 14.5. The van der Waals surface area contributed by atoms with Gasteiger partial charge >= 0.3 is 12.1 Å². The Balaban J connectivity index is 4.07. The lowest BCUT2D eigenvalue weighted by molar-refractivity contribution is -0.149. The number of carboxylic acid groups (broad SMARTS) is 1. The fraction of sp³-hybridized carbons (Fsp3) is 0.800. The first kappa shape index (κ1) is 10.6. The molecule has 0 aromatic heterocycles. The second-order valence-corrected chi connectivity index (χ2v) is 2.90. The van der Waals surface area contributed by atoms with Crippen LogP contribution in [0.2, 0.25) is 0 Å². The van der Waals surface area contributed by atoms with Crippen molar-refractivity contribution in [3.8, 4) is 0 Å². The van der Waals surface area contributed by atoms with Gasteiger partial charge in [0, 0.05) is 0 Å². The van der Waals surface area contributed by atoms with Crippen molar-refractivity contribution in [2.75, 3.05) is 6.26 Å². The van der Waals surface area contributed by atoms with E-state index in [9.17, 15) is 18.0 Å². The monoisotopic (exact) mass is 188 g/mol. The van der Waals surface area contributed by atoms with Crippen molar-refractivity contribution in [1.82, 2.24) is 0 Å². The van der Waals surface area contributed by atoms with E-state index in [2.05, 4.69) is 0 Å². The lowest BCUT2D eigenvalue weighted by Crippen LogP contribution is -2.27. The van der Waals surface area contributed by atoms with Gasteiger partial charge in [0.25, 0.3) is 0 Å². The standard InChI is InChI=1S/C5H7F3O2S/c1-11-3(2-4(9)10)5(6,7)8/h3H,2H2,1H3,(H,9,10). The van der Waals surface area contributed by atoms with Crippen LogP contribution in [0.1, 0.15) is 6.42 Å². The van der Waals surface area contributed by atoms with E-state index in [0.29, 0.717) is 11.8 Å². The Hall–Kier alpha value is -0.390. The first-order chi connectivity index (χ1) is 4.88. The molecule has 0 aliphatic rings. The number of carbonyl (C=O) groups is 1. The zero-order chi connectivity index (χ0) is 9.07. The fourth-order valence-electron chi connectivity index (χ4n) is 0.491. The Morgan fingerprint density at radius 3 is 2.18 bits per heavy atom. The highest BCUT2D eigenvalue weighted by Crippen LogP contribution is 2.30. The summed E-state index contributed by atoms with van der Waals surface area (Å²) >= 11 is 0.499. The summed E-state index contributed by atoms with van der Waals surface area (Å²) in [6.07, 6.45) is -4.05. The number of halogens is 3. The van der Waals surface area contributed by atoms with Gasteiger partial charge in [-0.25, -0.2) is 0 Å². The molecular formula is C5H7F3O2S. The Labute approximate surface area is 65.8 Å². The van der Waals surface area contributed by atoms with Crippen LogP contribution in [0.15, 0.2) is 0 Å². The molecule has 0 amide bonds. The summed E-state index contributed by atoms with van der Waals surface area (Å²) in [4.78, 5) is 9.90. The highest BCUT2D eigenvalue weighted by atomic mass is 32.2. The number of hydrogen-bond donors (Lipinski definition) is 1. The van der Waals surface area contributed by atoms with Gasteiger partial charge in [0.2, 0.25) is 0 Å². The van der Waals surface area contributed by atoms with Gasteiger partial charge in [0.1, 0.15) is 5.25 Å². The third-order valence-electron chi connectivity index (χ3n) is 1.01. The maximum Gasteiger partial charge on any atom is 0.401 e. The molecule has 0 rings (SSSR count). The minimum atomic E-state index is -4.42. The molecule has 0 heterocycles. The lowest BCUT2D eigenvalue weighted by atomic mass is 10.3. The summed E-state index contributed by atoms with van der Waals surface area (Å²) in [6, 6.07) is 0. The summed E-state index contributed by atoms with van der Waals surface area (Å²) in [6.45, 7) is 0. The van der Waals surface area contributed by atoms with Gasteiger partial charge in [0.15, 0.2) is 0 Å². The van der Waals surface area contributed by atoms with Crippen LogP contribution in [0.5, 0.6) is 0 Å². The zero-order valence-corrected chi connectivity index (χ0v) is 6.50. The second kappa shape index (κ2) is 3.85. The molecule has 6 heteroatoms. The van der Waals surface area contributed by atoms with Crippen molar-refractivity contribution in [2.45, 2.75) is 17.8 Å². The quantitative estimate of drug-likeness (QED) is 0.733. The van der Waals surface area contributed by atoms with Crippen LogP contribution >= 0.6 is 11.8 Å². The Morgan fingerprint density at radius 1 is 1.64 bits per heavy atom. The zero-order valence-electron chi connectivity index (χ0n) is 5.68. The number of aliphatic carboxylic acids is 1. The van der Waals surface area contributed by atoms with Crippen LogP contribution in [0.3, 0.4) is 0 Å². The van der Waals surface area contributed by atoms with Crippen LogP contribution in [0.4, 0.5) is 13.2 Å². The predicted octanol–water partition coefficient (Wildman–Crippen LogP) is 1.76. The van der Waals surface area contributed by atoms with Crippen molar-refractivity contribution in [2.24, 2.45) is 0 Å². The molecule has 0 bridgehead atoms. The van der Waals surface area contributed by atoms with Gasteiger partial charge in [-0.1, -0.05) is 0 Å². The summed E-state index contributed by atoms with van der Waals surface area (Å²) in [5, 5.41) is 6.27. The van der Waals surface area contributed by atoms with E-state index in [0.717, 1.165) is 0 Å². The van der Waals surface area contributed by atoms with Gasteiger partial charge in [-0.2, -0.15) is 24.9 Å². The minimum absolute atomic E-state index is 0.499. The third kappa shape index (κ3) is 4.13. The van der Waals surface area contributed by atoms with Crippen LogP contribution in [0.25, 0.3) is 0 Å². The van der Waals surface area contributed by atoms with Crippen LogP contribution in [0, 0.1) is 0 Å². The van der Waals surface area contributed by atoms with Crippen LogP contribution in [-0.2, 0) is 4.79 Å². The largest absolute Gasteiger partial charge is 0.481 e. The lowest BCUT2D eigenvalue weighted by Gasteiger charge is -2.15. The third-order valence-corrected chi connectivity index (χ3v) is 2.01. The van der Waals surface area contributed by atoms with Crippen molar-refractivity contribution < 1.29 is 23.1 Å². The number of hydrogen-bond acceptors (Lipinski definition) is 2. The fourth-order valence-corrected chi connectivity index (χ4v) is 1.07. The molecule has 11 heavy (non-hydrogen) atoms. The average Bonchev–Trinajstić information content (AvgIpc) is 1.79. The predicted molar refractivity (Wildman–Crippen MR) is 35.6 cm³/mol. The molecule has 0 aromatic rings. The molecule has 0 radical (unpaired) electrons. The van der Waals surface area contributed by atoms with Crippen molar-refractivity contribution in [1.29, 1.82) is 0 Å². The molecule has 2 nitrogen and oxygen atoms in total. The molecule has 0 aliphatic carbocycles. The molecule has 0 spiro atoms. The van der Waals surface area contributed by atoms with Crippen LogP contribution < -0.4 is 0 Å². The molecule has 66 valence electrons. The first-order valence-electron chi connectivity index (χ1n) is 2.69. The Bertz CT molecular complexity index is 145. The molecule has 0 fully saturated rings. The van der Waals surface area contributed by atoms with E-state index in [1.54, 1.807) is 0 Å². The first-order valence-corrected chi connectivity index (χ1v) is 3.98. The maximum atomic E-state index is 11.8. The van der Waals surface area contributed by atoms with Crippen molar-refractivity contribution in [3.05, 3.63) is 0 Å². The Kier molecular flexibility index (Phi) is 3.71. The molecule has 0 saturated heterocycles. The number of thioether (sulfide) groups is 1. The summed E-state index contributed by atoms with van der Waals surface area (Å²) in [7, 11) is 0. The topological polar surface area (TPSA) is 37.3 Å². The highest BCUT2D eigenvalue weighted by Gasteiger charge is 2.40. The highest BCUT2D eigenvalue weighted by molar-refractivity contribution is 7.99. The SMILES string of the molecule is CSC(CC(=O)O)C(F)(F)F. The van der Waals surface area contributed by atoms with E-state index in [4.69, 9.17) is 5.11 Å². The van der Waals surface area contributed by atoms with Crippen LogP contribution in [-0.4, -0.2) is 28.8 Å². The van der Waals surface area contributed by atoms with Crippen molar-refractivity contribution in [3.63, 3.8) is 0 Å². The minimum Gasteiger partial charge on any atom is -0.481 e.